The number of rotatable bonds is 3. The van der Waals surface area contributed by atoms with E-state index in [4.69, 9.17) is 0 Å². The number of hydrogen-bond donors (Lipinski definition) is 0. The maximum absolute atomic E-state index is 2.53. The van der Waals surface area contributed by atoms with Gasteiger partial charge in [0.15, 0.2) is 0 Å². The molecule has 0 aliphatic heterocycles. The van der Waals surface area contributed by atoms with Crippen LogP contribution >= 0.6 is 0 Å². The van der Waals surface area contributed by atoms with Gasteiger partial charge in [-0.05, 0) is 85.4 Å². The van der Waals surface area contributed by atoms with Crippen LogP contribution in [0, 0.1) is 0 Å². The Morgan fingerprint density at radius 1 is 0.348 bits per heavy atom. The Kier molecular flexibility index (Phi) is 5.27. The lowest BCUT2D eigenvalue weighted by molar-refractivity contribution is 0.795. The van der Waals surface area contributed by atoms with Gasteiger partial charge in [0.2, 0.25) is 0 Å². The number of hydrogen-bond acceptors (Lipinski definition) is 1. The van der Waals surface area contributed by atoms with Crippen molar-refractivity contribution in [1.29, 1.82) is 0 Å². The molecule has 0 saturated carbocycles. The minimum atomic E-state index is -0.432. The fourth-order valence-corrected chi connectivity index (χ4v) is 8.49. The van der Waals surface area contributed by atoms with E-state index < -0.39 is 5.41 Å². The van der Waals surface area contributed by atoms with Crippen molar-refractivity contribution in [1.82, 2.24) is 0 Å². The Hall–Kier alpha value is -5.92. The van der Waals surface area contributed by atoms with E-state index in [2.05, 4.69) is 181 Å². The molecular weight excluding hydrogens is 555 g/mol. The molecule has 0 heterocycles. The number of fused-ring (bicyclic) bond motifs is 13. The topological polar surface area (TPSA) is 3.24 Å². The largest absolute Gasteiger partial charge is 0.309 e. The third-order valence-corrected chi connectivity index (χ3v) is 10.2. The summed E-state index contributed by atoms with van der Waals surface area (Å²) in [6.07, 6.45) is 0. The third kappa shape index (κ3) is 3.24. The van der Waals surface area contributed by atoms with E-state index in [-0.39, 0.29) is 0 Å². The average molecular weight is 584 g/mol. The molecule has 0 aromatic heterocycles. The van der Waals surface area contributed by atoms with Crippen molar-refractivity contribution in [3.8, 4) is 22.3 Å². The van der Waals surface area contributed by atoms with Crippen molar-refractivity contribution < 1.29 is 0 Å². The van der Waals surface area contributed by atoms with Crippen LogP contribution in [-0.4, -0.2) is 0 Å². The van der Waals surface area contributed by atoms with E-state index in [1.165, 1.54) is 71.7 Å². The van der Waals surface area contributed by atoms with Crippen LogP contribution in [-0.2, 0) is 5.41 Å². The van der Waals surface area contributed by atoms with Gasteiger partial charge in [0.1, 0.15) is 0 Å². The zero-order valence-corrected chi connectivity index (χ0v) is 25.2. The Morgan fingerprint density at radius 2 is 0.848 bits per heavy atom. The van der Waals surface area contributed by atoms with Gasteiger partial charge in [-0.15, -0.1) is 0 Å². The Bertz CT molecular complexity index is 2390. The first-order valence-electron chi connectivity index (χ1n) is 16.0. The van der Waals surface area contributed by atoms with E-state index in [9.17, 15) is 0 Å². The molecule has 2 aliphatic carbocycles. The molecule has 0 amide bonds. The number of para-hydroxylation sites is 2. The number of anilines is 3. The summed E-state index contributed by atoms with van der Waals surface area (Å²) in [5.41, 5.74) is 13.7. The standard InChI is InChI=1S/C45H29N/c1-3-16-31(17-4-1)46(32-18-5-2-6-19-32)44-36-28-27-30-15-7-8-20-33(30)38(36)29-42-43(44)37-23-11-14-26-41(37)45(42)39-24-12-9-21-34(39)35-22-10-13-25-40(35)45/h1-29H. The Labute approximate surface area is 268 Å². The van der Waals surface area contributed by atoms with E-state index in [0.29, 0.717) is 0 Å². The highest BCUT2D eigenvalue weighted by Gasteiger charge is 2.52. The van der Waals surface area contributed by atoms with Crippen LogP contribution in [0.3, 0.4) is 0 Å². The van der Waals surface area contributed by atoms with Crippen LogP contribution in [0.25, 0.3) is 43.8 Å². The molecule has 0 fully saturated rings. The van der Waals surface area contributed by atoms with E-state index in [1.54, 1.807) is 0 Å². The number of benzene rings is 8. The summed E-state index contributed by atoms with van der Waals surface area (Å²) in [5.74, 6) is 0. The maximum Gasteiger partial charge on any atom is 0.0726 e. The van der Waals surface area contributed by atoms with E-state index >= 15 is 0 Å². The van der Waals surface area contributed by atoms with Crippen molar-refractivity contribution in [2.45, 2.75) is 5.41 Å². The van der Waals surface area contributed by atoms with Crippen molar-refractivity contribution in [2.24, 2.45) is 0 Å². The molecule has 46 heavy (non-hydrogen) atoms. The molecule has 0 unspecified atom stereocenters. The van der Waals surface area contributed by atoms with Gasteiger partial charge in [-0.2, -0.15) is 0 Å². The molecule has 0 saturated heterocycles. The normalized spacial score (nSPS) is 13.4. The van der Waals surface area contributed by atoms with Crippen LogP contribution in [0.2, 0.25) is 0 Å². The fourth-order valence-electron chi connectivity index (χ4n) is 8.49. The maximum atomic E-state index is 2.53. The number of nitrogens with zero attached hydrogens (tertiary/aromatic N) is 1. The smallest absolute Gasteiger partial charge is 0.0726 e. The fraction of sp³-hybridized carbons (Fsp3) is 0.0222. The minimum Gasteiger partial charge on any atom is -0.309 e. The van der Waals surface area contributed by atoms with Crippen LogP contribution in [0.15, 0.2) is 176 Å². The Balaban J connectivity index is 1.46. The molecule has 1 spiro atoms. The van der Waals surface area contributed by atoms with Gasteiger partial charge in [-0.1, -0.05) is 146 Å². The second-order valence-electron chi connectivity index (χ2n) is 12.4. The minimum absolute atomic E-state index is 0.432. The van der Waals surface area contributed by atoms with Crippen molar-refractivity contribution in [2.75, 3.05) is 4.90 Å². The summed E-state index contributed by atoms with van der Waals surface area (Å²) in [5, 5.41) is 5.05. The average Bonchev–Trinajstić information content (AvgIpc) is 3.60. The van der Waals surface area contributed by atoms with Crippen LogP contribution in [0.4, 0.5) is 17.1 Å². The summed E-state index contributed by atoms with van der Waals surface area (Å²) in [7, 11) is 0. The highest BCUT2D eigenvalue weighted by Crippen LogP contribution is 2.65. The summed E-state index contributed by atoms with van der Waals surface area (Å²) in [6.45, 7) is 0. The molecule has 8 aromatic rings. The van der Waals surface area contributed by atoms with E-state index in [1.807, 2.05) is 0 Å². The lowest BCUT2D eigenvalue weighted by Gasteiger charge is -2.33. The lowest BCUT2D eigenvalue weighted by Crippen LogP contribution is -2.26. The Morgan fingerprint density at radius 3 is 1.48 bits per heavy atom. The highest BCUT2D eigenvalue weighted by molar-refractivity contribution is 6.18. The second-order valence-corrected chi connectivity index (χ2v) is 12.4. The van der Waals surface area contributed by atoms with Crippen LogP contribution < -0.4 is 4.90 Å². The van der Waals surface area contributed by atoms with Gasteiger partial charge in [0.25, 0.3) is 0 Å². The second kappa shape index (κ2) is 9.54. The van der Waals surface area contributed by atoms with Gasteiger partial charge in [-0.3, -0.25) is 0 Å². The molecule has 10 rings (SSSR count). The zero-order valence-electron chi connectivity index (χ0n) is 25.2. The molecule has 0 radical (unpaired) electrons. The van der Waals surface area contributed by atoms with Gasteiger partial charge < -0.3 is 4.90 Å². The highest BCUT2D eigenvalue weighted by atomic mass is 15.1. The predicted molar refractivity (Wildman–Crippen MR) is 192 cm³/mol. The predicted octanol–water partition coefficient (Wildman–Crippen LogP) is 11.8. The van der Waals surface area contributed by atoms with Crippen molar-refractivity contribution in [3.63, 3.8) is 0 Å². The first kappa shape index (κ1) is 25.4. The molecule has 0 bridgehead atoms. The first-order chi connectivity index (χ1) is 22.9. The summed E-state index contributed by atoms with van der Waals surface area (Å²) in [6, 6.07) is 65.0. The SMILES string of the molecule is c1ccc(N(c2ccccc2)c2c3c(cc4c2ccc2ccccc24)C2(c4ccccc4-c4ccccc42)c2ccccc2-3)cc1. The monoisotopic (exact) mass is 583 g/mol. The molecule has 1 nitrogen and oxygen atoms in total. The molecule has 0 N–H and O–H groups in total. The van der Waals surface area contributed by atoms with Gasteiger partial charge in [0, 0.05) is 22.3 Å². The van der Waals surface area contributed by atoms with Crippen molar-refractivity contribution in [3.05, 3.63) is 198 Å². The molecule has 214 valence electrons. The first-order valence-corrected chi connectivity index (χ1v) is 16.0. The van der Waals surface area contributed by atoms with Crippen molar-refractivity contribution >= 4 is 38.6 Å². The van der Waals surface area contributed by atoms with E-state index in [0.717, 1.165) is 11.4 Å². The van der Waals surface area contributed by atoms with Gasteiger partial charge in [-0.25, -0.2) is 0 Å². The van der Waals surface area contributed by atoms with Gasteiger partial charge in [0.05, 0.1) is 11.1 Å². The summed E-state index contributed by atoms with van der Waals surface area (Å²) in [4.78, 5) is 2.48. The van der Waals surface area contributed by atoms with Crippen LogP contribution in [0.5, 0.6) is 0 Å². The van der Waals surface area contributed by atoms with Crippen LogP contribution in [0.1, 0.15) is 22.3 Å². The summed E-state index contributed by atoms with van der Waals surface area (Å²) >= 11 is 0. The molecule has 1 heteroatoms. The molecule has 2 aliphatic rings. The third-order valence-electron chi connectivity index (χ3n) is 10.2. The van der Waals surface area contributed by atoms with Gasteiger partial charge >= 0.3 is 0 Å². The molecule has 8 aromatic carbocycles. The molecule has 0 atom stereocenters. The lowest BCUT2D eigenvalue weighted by atomic mass is 9.70. The zero-order chi connectivity index (χ0) is 30.2. The quantitative estimate of drug-likeness (QED) is 0.187. The summed E-state index contributed by atoms with van der Waals surface area (Å²) < 4.78 is 0. The molecular formula is C45H29N.